The Bertz CT molecular complexity index is 1080. The Labute approximate surface area is 220 Å². The second-order valence-corrected chi connectivity index (χ2v) is 9.91. The number of urea groups is 1. The first-order chi connectivity index (χ1) is 17.1. The van der Waals surface area contributed by atoms with E-state index in [-0.39, 0.29) is 29.5 Å². The highest BCUT2D eigenvalue weighted by atomic mass is 35.5. The van der Waals surface area contributed by atoms with E-state index in [4.69, 9.17) is 28.3 Å². The standard InChI is InChI=1S/C24H25Cl2NO4.C2H6N2O/c25-21-12-17(14-1-3-15(4-2-14)24(30)31)13-22(26)20(21)11-16-9-10-27(23(16)29)18-5-7-19(28)8-6-18;1-4-2(3)5/h1-4,12-13,16,18-19,28H,5-11H2,(H,30,31);1H3,(H3,3,4,5)/t16-,18?,19?;/m0./s1. The van der Waals surface area contributed by atoms with E-state index in [0.717, 1.165) is 55.3 Å². The van der Waals surface area contributed by atoms with Crippen molar-refractivity contribution in [1.29, 1.82) is 0 Å². The Morgan fingerprint density at radius 3 is 2.08 bits per heavy atom. The summed E-state index contributed by atoms with van der Waals surface area (Å²) in [4.78, 5) is 35.5. The zero-order valence-corrected chi connectivity index (χ0v) is 21.6. The van der Waals surface area contributed by atoms with Gasteiger partial charge in [0.05, 0.1) is 11.7 Å². The molecule has 1 saturated carbocycles. The zero-order chi connectivity index (χ0) is 26.4. The second-order valence-electron chi connectivity index (χ2n) is 9.10. The van der Waals surface area contributed by atoms with Crippen LogP contribution in [0, 0.1) is 5.92 Å². The van der Waals surface area contributed by atoms with Gasteiger partial charge in [0, 0.05) is 35.6 Å². The number of carbonyl (C=O) groups is 3. The van der Waals surface area contributed by atoms with E-state index in [9.17, 15) is 19.5 Å². The molecule has 194 valence electrons. The van der Waals surface area contributed by atoms with Gasteiger partial charge in [-0.1, -0.05) is 35.3 Å². The Morgan fingerprint density at radius 1 is 1.03 bits per heavy atom. The summed E-state index contributed by atoms with van der Waals surface area (Å²) in [5.74, 6) is -0.956. The number of hydrogen-bond acceptors (Lipinski definition) is 4. The summed E-state index contributed by atoms with van der Waals surface area (Å²) >= 11 is 13.1. The van der Waals surface area contributed by atoms with Crippen LogP contribution in [0.1, 0.15) is 48.0 Å². The van der Waals surface area contributed by atoms with E-state index in [1.54, 1.807) is 24.3 Å². The van der Waals surface area contributed by atoms with Crippen LogP contribution in [0.2, 0.25) is 10.0 Å². The highest BCUT2D eigenvalue weighted by Gasteiger charge is 2.37. The van der Waals surface area contributed by atoms with Gasteiger partial charge in [-0.25, -0.2) is 9.59 Å². The number of nitrogens with two attached hydrogens (primary N) is 1. The van der Waals surface area contributed by atoms with Crippen molar-refractivity contribution in [3.8, 4) is 11.1 Å². The molecule has 4 rings (SSSR count). The zero-order valence-electron chi connectivity index (χ0n) is 20.0. The summed E-state index contributed by atoms with van der Waals surface area (Å²) in [6, 6.07) is 9.91. The highest BCUT2D eigenvalue weighted by Crippen LogP contribution is 2.36. The third kappa shape index (κ3) is 6.90. The molecule has 0 bridgehead atoms. The lowest BCUT2D eigenvalue weighted by atomic mass is 9.92. The number of aliphatic hydroxyl groups excluding tert-OH is 1. The molecule has 1 atom stereocenters. The average Bonchev–Trinajstić information content (AvgIpc) is 3.22. The number of aliphatic hydroxyl groups is 1. The van der Waals surface area contributed by atoms with Gasteiger partial charge in [-0.2, -0.15) is 0 Å². The second kappa shape index (κ2) is 12.4. The van der Waals surface area contributed by atoms with Gasteiger partial charge < -0.3 is 26.2 Å². The first kappa shape index (κ1) is 27.8. The fourth-order valence-electron chi connectivity index (χ4n) is 4.70. The molecule has 0 unspecified atom stereocenters. The van der Waals surface area contributed by atoms with Crippen LogP contribution in [-0.2, 0) is 11.2 Å². The molecule has 5 N–H and O–H groups in total. The van der Waals surface area contributed by atoms with Crippen molar-refractivity contribution in [2.24, 2.45) is 11.7 Å². The number of carboxylic acid groups (broad SMARTS) is 1. The molecule has 2 fully saturated rings. The van der Waals surface area contributed by atoms with Crippen molar-refractivity contribution in [3.63, 3.8) is 0 Å². The SMILES string of the molecule is CNC(N)=O.O=C(O)c1ccc(-c2cc(Cl)c(C[C@@H]3CCN(C4CCC(O)CC4)C3=O)c(Cl)c2)cc1. The van der Waals surface area contributed by atoms with E-state index in [1.165, 1.54) is 7.05 Å². The predicted molar refractivity (Wildman–Crippen MR) is 139 cm³/mol. The molecule has 36 heavy (non-hydrogen) atoms. The number of carbonyl (C=O) groups excluding carboxylic acids is 2. The number of amides is 3. The van der Waals surface area contributed by atoms with Crippen LogP contribution in [-0.4, -0.2) is 58.8 Å². The minimum absolute atomic E-state index is 0.137. The quantitative estimate of drug-likeness (QED) is 0.451. The Hall–Kier alpha value is -2.81. The topological polar surface area (TPSA) is 133 Å². The summed E-state index contributed by atoms with van der Waals surface area (Å²) < 4.78 is 0. The summed E-state index contributed by atoms with van der Waals surface area (Å²) in [5.41, 5.74) is 7.15. The van der Waals surface area contributed by atoms with Crippen LogP contribution in [0.5, 0.6) is 0 Å². The van der Waals surface area contributed by atoms with E-state index in [0.29, 0.717) is 16.5 Å². The third-order valence-corrected chi connectivity index (χ3v) is 7.44. The minimum atomic E-state index is -0.974. The molecule has 1 aliphatic heterocycles. The molecular weight excluding hydrogens is 505 g/mol. The minimum Gasteiger partial charge on any atom is -0.478 e. The van der Waals surface area contributed by atoms with Crippen LogP contribution in [0.3, 0.4) is 0 Å². The lowest BCUT2D eigenvalue weighted by Gasteiger charge is -2.33. The van der Waals surface area contributed by atoms with Crippen molar-refractivity contribution in [3.05, 3.63) is 57.6 Å². The largest absolute Gasteiger partial charge is 0.478 e. The van der Waals surface area contributed by atoms with Crippen LogP contribution in [0.4, 0.5) is 4.79 Å². The highest BCUT2D eigenvalue weighted by molar-refractivity contribution is 6.36. The molecule has 0 spiro atoms. The van der Waals surface area contributed by atoms with Crippen molar-refractivity contribution >= 4 is 41.1 Å². The Kier molecular flexibility index (Phi) is 9.59. The normalized spacial score (nSPS) is 21.5. The molecule has 1 saturated heterocycles. The van der Waals surface area contributed by atoms with Crippen LogP contribution < -0.4 is 11.1 Å². The molecule has 8 nitrogen and oxygen atoms in total. The molecule has 2 aliphatic rings. The molecule has 1 heterocycles. The fraction of sp³-hybridized carbons (Fsp3) is 0.423. The number of likely N-dealkylation sites (tertiary alicyclic amines) is 1. The first-order valence-corrected chi connectivity index (χ1v) is 12.6. The average molecular weight is 536 g/mol. The molecular formula is C26H31Cl2N3O5. The third-order valence-electron chi connectivity index (χ3n) is 6.76. The Balaban J connectivity index is 0.000000658. The number of benzene rings is 2. The summed E-state index contributed by atoms with van der Waals surface area (Å²) in [6.45, 7) is 0.744. The smallest absolute Gasteiger partial charge is 0.335 e. The maximum Gasteiger partial charge on any atom is 0.335 e. The number of carboxylic acids is 1. The Morgan fingerprint density at radius 2 is 1.58 bits per heavy atom. The van der Waals surface area contributed by atoms with Gasteiger partial charge in [0.1, 0.15) is 0 Å². The molecule has 1 aliphatic carbocycles. The van der Waals surface area contributed by atoms with Crippen LogP contribution in [0.15, 0.2) is 36.4 Å². The number of hydrogen-bond donors (Lipinski definition) is 4. The summed E-state index contributed by atoms with van der Waals surface area (Å²) in [6.07, 6.45) is 4.27. The number of aromatic carboxylic acids is 1. The van der Waals surface area contributed by atoms with Crippen molar-refractivity contribution < 1.29 is 24.6 Å². The van der Waals surface area contributed by atoms with Crippen molar-refractivity contribution in [1.82, 2.24) is 10.2 Å². The first-order valence-electron chi connectivity index (χ1n) is 11.9. The number of primary amides is 1. The number of halogens is 2. The maximum absolute atomic E-state index is 13.0. The molecule has 3 amide bonds. The van der Waals surface area contributed by atoms with Crippen LogP contribution >= 0.6 is 23.2 Å². The monoisotopic (exact) mass is 535 g/mol. The van der Waals surface area contributed by atoms with Crippen LogP contribution in [0.25, 0.3) is 11.1 Å². The summed E-state index contributed by atoms with van der Waals surface area (Å²) in [5, 5.41) is 22.0. The van der Waals surface area contributed by atoms with Gasteiger partial charge in [-0.15, -0.1) is 0 Å². The predicted octanol–water partition coefficient (Wildman–Crippen LogP) is 4.34. The van der Waals surface area contributed by atoms with Gasteiger partial charge in [-0.05, 0) is 79.5 Å². The molecule has 2 aromatic carbocycles. The van der Waals surface area contributed by atoms with Crippen molar-refractivity contribution in [2.45, 2.75) is 50.7 Å². The van der Waals surface area contributed by atoms with Gasteiger partial charge in [0.15, 0.2) is 0 Å². The fourth-order valence-corrected chi connectivity index (χ4v) is 5.34. The molecule has 0 aromatic heterocycles. The molecule has 10 heteroatoms. The van der Waals surface area contributed by atoms with Gasteiger partial charge in [0.25, 0.3) is 0 Å². The van der Waals surface area contributed by atoms with Gasteiger partial charge in [-0.3, -0.25) is 4.79 Å². The number of rotatable bonds is 5. The lowest BCUT2D eigenvalue weighted by Crippen LogP contribution is -2.41. The van der Waals surface area contributed by atoms with E-state index >= 15 is 0 Å². The van der Waals surface area contributed by atoms with E-state index < -0.39 is 12.0 Å². The summed E-state index contributed by atoms with van der Waals surface area (Å²) in [7, 11) is 1.47. The molecule has 0 radical (unpaired) electrons. The maximum atomic E-state index is 13.0. The van der Waals surface area contributed by atoms with E-state index in [2.05, 4.69) is 11.1 Å². The lowest BCUT2D eigenvalue weighted by molar-refractivity contribution is -0.133. The van der Waals surface area contributed by atoms with Gasteiger partial charge in [0.2, 0.25) is 5.91 Å². The van der Waals surface area contributed by atoms with Crippen molar-refractivity contribution in [2.75, 3.05) is 13.6 Å². The molecule has 2 aromatic rings. The van der Waals surface area contributed by atoms with E-state index in [1.807, 2.05) is 17.0 Å². The van der Waals surface area contributed by atoms with Gasteiger partial charge >= 0.3 is 12.0 Å². The number of nitrogens with one attached hydrogen (secondary N) is 1. The number of nitrogens with zero attached hydrogens (tertiary/aromatic N) is 1.